The molecule has 1 fully saturated rings. The van der Waals surface area contributed by atoms with Crippen molar-refractivity contribution in [1.29, 1.82) is 0 Å². The number of carbonyl (C=O) groups is 1. The Labute approximate surface area is 126 Å². The summed E-state index contributed by atoms with van der Waals surface area (Å²) in [7, 11) is -3.08. The van der Waals surface area contributed by atoms with Crippen LogP contribution < -0.4 is 5.32 Å². The SMILES string of the molecule is CS(=O)(=O)CCC(=O)NCC1(c2ccccc2)CCCC1. The summed E-state index contributed by atoms with van der Waals surface area (Å²) in [5.41, 5.74) is 1.29. The standard InChI is InChI=1S/C16H23NO3S/c1-21(19,20)12-9-15(18)17-13-16(10-5-6-11-16)14-7-3-2-4-8-14/h2-4,7-8H,5-6,9-13H2,1H3,(H,17,18). The normalized spacial score (nSPS) is 17.6. The summed E-state index contributed by atoms with van der Waals surface area (Å²) in [6.45, 7) is 0.597. The summed E-state index contributed by atoms with van der Waals surface area (Å²) >= 11 is 0. The monoisotopic (exact) mass is 309 g/mol. The van der Waals surface area contributed by atoms with E-state index in [1.165, 1.54) is 18.4 Å². The average molecular weight is 309 g/mol. The lowest BCUT2D eigenvalue weighted by atomic mass is 9.79. The van der Waals surface area contributed by atoms with Crippen molar-refractivity contribution >= 4 is 15.7 Å². The van der Waals surface area contributed by atoms with Gasteiger partial charge >= 0.3 is 0 Å². The van der Waals surface area contributed by atoms with Crippen LogP contribution in [0, 0.1) is 0 Å². The Kier molecular flexibility index (Phi) is 5.04. The molecule has 0 atom stereocenters. The molecule has 0 saturated heterocycles. The second-order valence-corrected chi connectivity index (χ2v) is 8.27. The third-order valence-electron chi connectivity index (χ3n) is 4.27. The van der Waals surface area contributed by atoms with Crippen molar-refractivity contribution in [2.75, 3.05) is 18.6 Å². The van der Waals surface area contributed by atoms with Crippen LogP contribution in [0.15, 0.2) is 30.3 Å². The van der Waals surface area contributed by atoms with Crippen molar-refractivity contribution in [2.24, 2.45) is 0 Å². The fraction of sp³-hybridized carbons (Fsp3) is 0.562. The second kappa shape index (κ2) is 6.60. The molecule has 5 heteroatoms. The Morgan fingerprint density at radius 1 is 1.19 bits per heavy atom. The van der Waals surface area contributed by atoms with E-state index in [4.69, 9.17) is 0 Å². The minimum atomic E-state index is -3.08. The molecule has 1 amide bonds. The van der Waals surface area contributed by atoms with Crippen molar-refractivity contribution in [3.05, 3.63) is 35.9 Å². The molecule has 4 nitrogen and oxygen atoms in total. The first-order valence-corrected chi connectivity index (χ1v) is 9.47. The number of sulfone groups is 1. The summed E-state index contributed by atoms with van der Waals surface area (Å²) in [6.07, 6.45) is 5.70. The second-order valence-electron chi connectivity index (χ2n) is 6.01. The molecule has 1 aliphatic carbocycles. The smallest absolute Gasteiger partial charge is 0.221 e. The van der Waals surface area contributed by atoms with Crippen LogP contribution in [0.5, 0.6) is 0 Å². The number of amides is 1. The van der Waals surface area contributed by atoms with E-state index in [0.717, 1.165) is 19.1 Å². The third-order valence-corrected chi connectivity index (χ3v) is 5.22. The van der Waals surface area contributed by atoms with Gasteiger partial charge in [0, 0.05) is 24.6 Å². The number of rotatable bonds is 6. The van der Waals surface area contributed by atoms with Gasteiger partial charge in [-0.3, -0.25) is 4.79 Å². The Morgan fingerprint density at radius 2 is 1.81 bits per heavy atom. The van der Waals surface area contributed by atoms with Crippen molar-refractivity contribution in [3.63, 3.8) is 0 Å². The molecule has 0 bridgehead atoms. The molecule has 0 unspecified atom stereocenters. The number of carbonyl (C=O) groups excluding carboxylic acids is 1. The van der Waals surface area contributed by atoms with Crippen molar-refractivity contribution in [2.45, 2.75) is 37.5 Å². The zero-order valence-electron chi connectivity index (χ0n) is 12.5. The van der Waals surface area contributed by atoms with Gasteiger partial charge in [0.25, 0.3) is 0 Å². The Hall–Kier alpha value is -1.36. The molecule has 116 valence electrons. The zero-order valence-corrected chi connectivity index (χ0v) is 13.3. The van der Waals surface area contributed by atoms with Crippen LogP contribution in [0.4, 0.5) is 0 Å². The van der Waals surface area contributed by atoms with Gasteiger partial charge in [-0.05, 0) is 18.4 Å². The lowest BCUT2D eigenvalue weighted by Crippen LogP contribution is -2.39. The molecule has 0 heterocycles. The van der Waals surface area contributed by atoms with Gasteiger partial charge in [0.2, 0.25) is 5.91 Å². The maximum absolute atomic E-state index is 11.8. The van der Waals surface area contributed by atoms with Crippen LogP contribution in [0.3, 0.4) is 0 Å². The maximum atomic E-state index is 11.8. The Morgan fingerprint density at radius 3 is 2.38 bits per heavy atom. The molecule has 0 radical (unpaired) electrons. The molecule has 1 aromatic carbocycles. The zero-order chi connectivity index (χ0) is 15.3. The van der Waals surface area contributed by atoms with Gasteiger partial charge in [-0.15, -0.1) is 0 Å². The molecule has 1 aliphatic rings. The average Bonchev–Trinajstić information content (AvgIpc) is 2.93. The third kappa shape index (κ3) is 4.56. The highest BCUT2D eigenvalue weighted by Crippen LogP contribution is 2.40. The molecule has 0 aliphatic heterocycles. The van der Waals surface area contributed by atoms with Crippen molar-refractivity contribution < 1.29 is 13.2 Å². The van der Waals surface area contributed by atoms with Crippen LogP contribution in [0.25, 0.3) is 0 Å². The molecule has 2 rings (SSSR count). The molecule has 0 aromatic heterocycles. The summed E-state index contributed by atoms with van der Waals surface area (Å²) in [5, 5.41) is 2.93. The lowest BCUT2D eigenvalue weighted by Gasteiger charge is -2.30. The highest BCUT2D eigenvalue weighted by molar-refractivity contribution is 7.90. The Balaban J connectivity index is 1.97. The Bertz CT molecular complexity index is 575. The van der Waals surface area contributed by atoms with Crippen LogP contribution in [-0.4, -0.2) is 32.9 Å². The fourth-order valence-electron chi connectivity index (χ4n) is 3.05. The van der Waals surface area contributed by atoms with Crippen molar-refractivity contribution in [1.82, 2.24) is 5.32 Å². The predicted octanol–water partition coefficient (Wildman–Crippen LogP) is 2.05. The van der Waals surface area contributed by atoms with E-state index >= 15 is 0 Å². The van der Waals surface area contributed by atoms with E-state index in [1.807, 2.05) is 18.2 Å². The predicted molar refractivity (Wildman–Crippen MR) is 83.9 cm³/mol. The molecular weight excluding hydrogens is 286 g/mol. The van der Waals surface area contributed by atoms with Crippen LogP contribution in [0.1, 0.15) is 37.7 Å². The van der Waals surface area contributed by atoms with Crippen LogP contribution in [-0.2, 0) is 20.0 Å². The van der Waals surface area contributed by atoms with E-state index in [0.29, 0.717) is 6.54 Å². The lowest BCUT2D eigenvalue weighted by molar-refractivity contribution is -0.121. The first-order chi connectivity index (χ1) is 9.91. The largest absolute Gasteiger partial charge is 0.355 e. The molecule has 1 N–H and O–H groups in total. The van der Waals surface area contributed by atoms with Gasteiger partial charge in [0.05, 0.1) is 5.75 Å². The van der Waals surface area contributed by atoms with E-state index in [1.54, 1.807) is 0 Å². The summed E-state index contributed by atoms with van der Waals surface area (Å²) < 4.78 is 22.2. The number of hydrogen-bond acceptors (Lipinski definition) is 3. The first kappa shape index (κ1) is 16.0. The molecular formula is C16H23NO3S. The number of hydrogen-bond donors (Lipinski definition) is 1. The molecule has 21 heavy (non-hydrogen) atoms. The van der Waals surface area contributed by atoms with Crippen LogP contribution in [0.2, 0.25) is 0 Å². The van der Waals surface area contributed by atoms with E-state index in [-0.39, 0.29) is 23.5 Å². The first-order valence-electron chi connectivity index (χ1n) is 7.41. The minimum Gasteiger partial charge on any atom is -0.355 e. The van der Waals surface area contributed by atoms with Gasteiger partial charge in [-0.1, -0.05) is 43.2 Å². The summed E-state index contributed by atoms with van der Waals surface area (Å²) in [4.78, 5) is 11.8. The van der Waals surface area contributed by atoms with E-state index in [2.05, 4.69) is 17.4 Å². The molecule has 0 spiro atoms. The van der Waals surface area contributed by atoms with Crippen molar-refractivity contribution in [3.8, 4) is 0 Å². The van der Waals surface area contributed by atoms with Gasteiger partial charge in [-0.25, -0.2) is 8.42 Å². The van der Waals surface area contributed by atoms with Crippen LogP contribution >= 0.6 is 0 Å². The van der Waals surface area contributed by atoms with Gasteiger partial charge in [0.15, 0.2) is 0 Å². The number of benzene rings is 1. The topological polar surface area (TPSA) is 63.2 Å². The fourth-order valence-corrected chi connectivity index (χ4v) is 3.60. The minimum absolute atomic E-state index is 0.0159. The quantitative estimate of drug-likeness (QED) is 0.875. The summed E-state index contributed by atoms with van der Waals surface area (Å²) in [5.74, 6) is -0.264. The molecule has 1 saturated carbocycles. The van der Waals surface area contributed by atoms with Gasteiger partial charge < -0.3 is 5.32 Å². The molecule has 1 aromatic rings. The van der Waals surface area contributed by atoms with Gasteiger partial charge in [0.1, 0.15) is 9.84 Å². The van der Waals surface area contributed by atoms with E-state index in [9.17, 15) is 13.2 Å². The van der Waals surface area contributed by atoms with Gasteiger partial charge in [-0.2, -0.15) is 0 Å². The summed E-state index contributed by atoms with van der Waals surface area (Å²) in [6, 6.07) is 10.3. The van der Waals surface area contributed by atoms with E-state index < -0.39 is 9.84 Å². The highest BCUT2D eigenvalue weighted by atomic mass is 32.2. The number of nitrogens with one attached hydrogen (secondary N) is 1. The highest BCUT2D eigenvalue weighted by Gasteiger charge is 2.35. The maximum Gasteiger partial charge on any atom is 0.221 e.